The lowest BCUT2D eigenvalue weighted by atomic mass is 9.66. The van der Waals surface area contributed by atoms with E-state index in [1.807, 2.05) is 39.0 Å². The minimum absolute atomic E-state index is 0.0936. The van der Waals surface area contributed by atoms with Crippen molar-refractivity contribution in [2.45, 2.75) is 81.2 Å². The van der Waals surface area contributed by atoms with Crippen molar-refractivity contribution in [3.8, 4) is 0 Å². The number of thioether (sulfide) groups is 1. The van der Waals surface area contributed by atoms with Gasteiger partial charge < -0.3 is 19.3 Å². The highest BCUT2D eigenvalue weighted by Gasteiger charge is 2.67. The van der Waals surface area contributed by atoms with Crippen LogP contribution in [-0.2, 0) is 30.6 Å². The molecule has 1 aromatic rings. The molecule has 2 aliphatic rings. The van der Waals surface area contributed by atoms with Crippen molar-refractivity contribution in [3.05, 3.63) is 47.0 Å². The zero-order valence-corrected chi connectivity index (χ0v) is 24.1. The first-order chi connectivity index (χ1) is 17.6. The minimum Gasteiger partial charge on any atom is -0.443 e. The molecule has 1 saturated heterocycles. The molecule has 2 fully saturated rings. The monoisotopic (exact) mass is 573 g/mol. The second-order valence-electron chi connectivity index (χ2n) is 10.1. The number of hydrogen-bond donors (Lipinski definition) is 2. The van der Waals surface area contributed by atoms with Crippen LogP contribution < -0.4 is 5.32 Å². The third-order valence-corrected chi connectivity index (χ3v) is 8.99. The molecule has 0 radical (unpaired) electrons. The van der Waals surface area contributed by atoms with Gasteiger partial charge in [-0.2, -0.15) is 11.8 Å². The molecule has 0 spiro atoms. The molecule has 1 aliphatic carbocycles. The highest BCUT2D eigenvalue weighted by Crippen LogP contribution is 2.55. The lowest BCUT2D eigenvalue weighted by Gasteiger charge is -2.49. The number of alkyl halides is 2. The predicted molar refractivity (Wildman–Crippen MR) is 147 cm³/mol. The number of halogens is 2. The van der Waals surface area contributed by atoms with Crippen molar-refractivity contribution >= 4 is 47.0 Å². The number of carbonyl (C=O) groups excluding carboxylic acids is 2. The predicted octanol–water partition coefficient (Wildman–Crippen LogP) is 5.19. The topological polar surface area (TPSA) is 97.4 Å². The fourth-order valence-corrected chi connectivity index (χ4v) is 6.93. The molecular weight excluding hydrogens is 537 g/mol. The highest BCUT2D eigenvalue weighted by molar-refractivity contribution is 7.98. The number of alkyl carbamates (subject to hydrolysis) is 1. The van der Waals surface area contributed by atoms with Crippen molar-refractivity contribution in [3.63, 3.8) is 0 Å². The Morgan fingerprint density at radius 1 is 1.27 bits per heavy atom. The summed E-state index contributed by atoms with van der Waals surface area (Å²) in [4.78, 5) is 23.9. The van der Waals surface area contributed by atoms with Crippen LogP contribution in [0.4, 0.5) is 4.79 Å². The van der Waals surface area contributed by atoms with E-state index in [1.165, 1.54) is 5.57 Å². The molecule has 1 aliphatic heterocycles. The average molecular weight is 575 g/mol. The summed E-state index contributed by atoms with van der Waals surface area (Å²) >= 11 is 13.2. The summed E-state index contributed by atoms with van der Waals surface area (Å²) in [6.07, 6.45) is 1.34. The number of allylic oxidation sites excluding steroid dienone is 1. The molecule has 2 N–H and O–H groups in total. The van der Waals surface area contributed by atoms with E-state index < -0.39 is 41.3 Å². The normalized spacial score (nSPS) is 30.9. The van der Waals surface area contributed by atoms with Gasteiger partial charge in [-0.25, -0.2) is 4.79 Å². The Morgan fingerprint density at radius 2 is 1.97 bits per heavy atom. The average Bonchev–Trinajstić information content (AvgIpc) is 3.53. The lowest BCUT2D eigenvalue weighted by Crippen LogP contribution is -2.61. The van der Waals surface area contributed by atoms with E-state index in [-0.39, 0.29) is 12.0 Å². The number of imide groups is 1. The molecule has 6 unspecified atom stereocenters. The maximum absolute atomic E-state index is 12.3. The van der Waals surface area contributed by atoms with Gasteiger partial charge in [0.2, 0.25) is 5.91 Å². The van der Waals surface area contributed by atoms with Crippen molar-refractivity contribution in [2.24, 2.45) is 5.92 Å². The Labute approximate surface area is 233 Å². The van der Waals surface area contributed by atoms with Gasteiger partial charge in [0.15, 0.2) is 0 Å². The summed E-state index contributed by atoms with van der Waals surface area (Å²) in [5.41, 5.74) is 1.61. The zero-order valence-electron chi connectivity index (χ0n) is 21.8. The molecule has 6 atom stereocenters. The van der Waals surface area contributed by atoms with Crippen LogP contribution in [0.25, 0.3) is 0 Å². The summed E-state index contributed by atoms with van der Waals surface area (Å²) in [6, 6.07) is 8.02. The van der Waals surface area contributed by atoms with Crippen molar-refractivity contribution in [2.75, 3.05) is 18.7 Å². The van der Waals surface area contributed by atoms with E-state index in [9.17, 15) is 14.7 Å². The molecule has 7 nitrogen and oxygen atoms in total. The van der Waals surface area contributed by atoms with Crippen molar-refractivity contribution < 1.29 is 28.9 Å². The maximum Gasteiger partial charge on any atom is 0.414 e. The molecule has 1 aromatic carbocycles. The number of hydrogen-bond acceptors (Lipinski definition) is 7. The smallest absolute Gasteiger partial charge is 0.414 e. The van der Waals surface area contributed by atoms with Gasteiger partial charge in [0.05, 0.1) is 11.7 Å². The summed E-state index contributed by atoms with van der Waals surface area (Å²) in [6.45, 7) is 6.06. The van der Waals surface area contributed by atoms with E-state index in [4.69, 9.17) is 37.4 Å². The number of benzene rings is 1. The summed E-state index contributed by atoms with van der Waals surface area (Å²) in [7, 11) is 1.54. The lowest BCUT2D eigenvalue weighted by molar-refractivity contribution is -0.170. The molecule has 1 heterocycles. The van der Waals surface area contributed by atoms with E-state index in [1.54, 1.807) is 18.9 Å². The molecular formula is C27H37Cl2NO6S. The van der Waals surface area contributed by atoms with Gasteiger partial charge in [0, 0.05) is 30.4 Å². The molecule has 37 heavy (non-hydrogen) atoms. The molecule has 1 saturated carbocycles. The first-order valence-electron chi connectivity index (χ1n) is 12.4. The van der Waals surface area contributed by atoms with Gasteiger partial charge in [-0.15, -0.1) is 23.2 Å². The van der Waals surface area contributed by atoms with Crippen LogP contribution in [0.2, 0.25) is 0 Å². The fraction of sp³-hybridized carbons (Fsp3) is 0.630. The number of nitrogens with one attached hydrogen (secondary N) is 1. The number of carbonyl (C=O) groups is 2. The van der Waals surface area contributed by atoms with Crippen LogP contribution in [-0.4, -0.2) is 65.4 Å². The van der Waals surface area contributed by atoms with E-state index >= 15 is 0 Å². The van der Waals surface area contributed by atoms with Crippen LogP contribution in [0, 0.1) is 5.92 Å². The largest absolute Gasteiger partial charge is 0.443 e. The van der Waals surface area contributed by atoms with Crippen LogP contribution in [0.5, 0.6) is 0 Å². The van der Waals surface area contributed by atoms with Gasteiger partial charge in [-0.1, -0.05) is 35.9 Å². The third-order valence-electron chi connectivity index (χ3n) is 7.24. The fourth-order valence-electron chi connectivity index (χ4n) is 5.32. The highest BCUT2D eigenvalue weighted by atomic mass is 35.5. The first-order valence-corrected chi connectivity index (χ1v) is 14.6. The summed E-state index contributed by atoms with van der Waals surface area (Å²) in [5.74, 6) is 0.131. The van der Waals surface area contributed by atoms with Crippen molar-refractivity contribution in [1.29, 1.82) is 0 Å². The maximum atomic E-state index is 12.3. The zero-order chi connectivity index (χ0) is 27.2. The number of amides is 2. The first kappa shape index (κ1) is 30.3. The Balaban J connectivity index is 1.81. The van der Waals surface area contributed by atoms with Gasteiger partial charge in [0.1, 0.15) is 23.7 Å². The van der Waals surface area contributed by atoms with Gasteiger partial charge in [-0.05, 0) is 51.2 Å². The van der Waals surface area contributed by atoms with Crippen LogP contribution >= 0.6 is 35.0 Å². The van der Waals surface area contributed by atoms with E-state index in [2.05, 4.69) is 17.5 Å². The van der Waals surface area contributed by atoms with Gasteiger partial charge >= 0.3 is 6.09 Å². The second-order valence-corrected chi connectivity index (χ2v) is 11.7. The number of rotatable bonds is 11. The second kappa shape index (κ2) is 13.2. The van der Waals surface area contributed by atoms with E-state index in [0.29, 0.717) is 36.6 Å². The third kappa shape index (κ3) is 7.43. The number of epoxide rings is 1. The van der Waals surface area contributed by atoms with Crippen molar-refractivity contribution in [1.82, 2.24) is 5.32 Å². The van der Waals surface area contributed by atoms with E-state index in [0.717, 1.165) is 11.1 Å². The quantitative estimate of drug-likeness (QED) is 0.213. The number of ether oxygens (including phenoxy) is 3. The van der Waals surface area contributed by atoms with Gasteiger partial charge in [-0.3, -0.25) is 10.1 Å². The Kier molecular flexibility index (Phi) is 10.8. The Hall–Kier alpha value is -1.29. The number of methoxy groups -OCH3 is 1. The van der Waals surface area contributed by atoms with Crippen LogP contribution in [0.3, 0.4) is 0 Å². The molecule has 0 bridgehead atoms. The molecule has 10 heteroatoms. The molecule has 2 amide bonds. The standard InChI is InChI=1S/C27H37Cl2NO6S/c1-17(2)9-10-21-26(3,36-21)24-23(34-4)20(35-25(32)30-22(31)14-29)11-12-27(24,33)16-37-15-19-8-6-5-7-18(19)13-28/h5-9,20-21,23-24,33H,10-16H2,1-4H3,(H,30,31,32). The Morgan fingerprint density at radius 3 is 2.59 bits per heavy atom. The summed E-state index contributed by atoms with van der Waals surface area (Å²) in [5, 5.41) is 14.2. The minimum atomic E-state index is -1.13. The molecule has 206 valence electrons. The number of aliphatic hydroxyl groups is 1. The van der Waals surface area contributed by atoms with Crippen LogP contribution in [0.15, 0.2) is 35.9 Å². The Bertz CT molecular complexity index is 989. The summed E-state index contributed by atoms with van der Waals surface area (Å²) < 4.78 is 17.7. The van der Waals surface area contributed by atoms with Crippen LogP contribution in [0.1, 0.15) is 51.2 Å². The van der Waals surface area contributed by atoms with Gasteiger partial charge in [0.25, 0.3) is 0 Å². The molecule has 0 aromatic heterocycles. The molecule has 3 rings (SSSR count). The SMILES string of the molecule is COC1C(OC(=O)NC(=O)CCl)CCC(O)(CSCc2ccccc2CCl)C1C1(C)OC1CC=C(C)C.